The van der Waals surface area contributed by atoms with Crippen LogP contribution >= 0.6 is 34.7 Å². The Labute approximate surface area is 179 Å². The maximum Gasteiger partial charge on any atom is 0.255 e. The molecule has 28 heavy (non-hydrogen) atoms. The molecule has 2 aliphatic heterocycles. The van der Waals surface area contributed by atoms with Crippen molar-refractivity contribution in [3.05, 3.63) is 51.2 Å². The minimum absolute atomic E-state index is 0.147. The smallest absolute Gasteiger partial charge is 0.255 e. The van der Waals surface area contributed by atoms with Gasteiger partial charge in [-0.15, -0.1) is 23.1 Å². The quantitative estimate of drug-likeness (QED) is 0.618. The van der Waals surface area contributed by atoms with E-state index in [0.29, 0.717) is 6.10 Å². The predicted octanol–water partition coefficient (Wildman–Crippen LogP) is 4.63. The van der Waals surface area contributed by atoms with Crippen molar-refractivity contribution in [2.45, 2.75) is 30.4 Å². The van der Waals surface area contributed by atoms with Crippen LogP contribution in [0, 0.1) is 0 Å². The van der Waals surface area contributed by atoms with Crippen molar-refractivity contribution in [1.82, 2.24) is 9.80 Å². The summed E-state index contributed by atoms with van der Waals surface area (Å²) in [4.78, 5) is 19.9. The first-order chi connectivity index (χ1) is 13.7. The zero-order chi connectivity index (χ0) is 19.3. The van der Waals surface area contributed by atoms with Crippen molar-refractivity contribution < 1.29 is 9.53 Å². The molecule has 0 spiro atoms. The van der Waals surface area contributed by atoms with Gasteiger partial charge in [-0.05, 0) is 37.1 Å². The number of benzene rings is 1. The van der Waals surface area contributed by atoms with E-state index < -0.39 is 0 Å². The van der Waals surface area contributed by atoms with Crippen molar-refractivity contribution >= 4 is 40.6 Å². The Hall–Kier alpha value is -1.05. The number of piperazine rings is 1. The van der Waals surface area contributed by atoms with Gasteiger partial charge in [0.1, 0.15) is 0 Å². The minimum Gasteiger partial charge on any atom is -0.377 e. The van der Waals surface area contributed by atoms with Gasteiger partial charge in [0.05, 0.1) is 16.0 Å². The molecule has 2 saturated heterocycles. The molecule has 0 saturated carbocycles. The average molecular weight is 437 g/mol. The van der Waals surface area contributed by atoms with Crippen molar-refractivity contribution in [2.75, 3.05) is 38.5 Å². The Balaban J connectivity index is 1.33. The van der Waals surface area contributed by atoms with Gasteiger partial charge in [0.15, 0.2) is 0 Å². The molecule has 3 heterocycles. The molecular formula is C21H25ClN2O2S2. The fourth-order valence-corrected chi connectivity index (χ4v) is 5.91. The van der Waals surface area contributed by atoms with Gasteiger partial charge in [0.2, 0.25) is 0 Å². The lowest BCUT2D eigenvalue weighted by atomic mass is 10.2. The Morgan fingerprint density at radius 2 is 2.00 bits per heavy atom. The largest absolute Gasteiger partial charge is 0.377 e. The highest BCUT2D eigenvalue weighted by molar-refractivity contribution is 7.99. The number of ether oxygens (including phenoxy) is 1. The summed E-state index contributed by atoms with van der Waals surface area (Å²) in [5.74, 6) is 1.07. The molecule has 0 radical (unpaired) electrons. The van der Waals surface area contributed by atoms with Crippen LogP contribution in [0.25, 0.3) is 0 Å². The molecule has 150 valence electrons. The van der Waals surface area contributed by atoms with Crippen LogP contribution in [0.15, 0.2) is 41.3 Å². The number of rotatable bonds is 6. The zero-order valence-electron chi connectivity index (χ0n) is 15.8. The lowest BCUT2D eigenvalue weighted by molar-refractivity contribution is 0.0626. The summed E-state index contributed by atoms with van der Waals surface area (Å²) in [5, 5.41) is 0. The molecule has 7 heteroatoms. The van der Waals surface area contributed by atoms with Gasteiger partial charge in [-0.3, -0.25) is 9.69 Å². The minimum atomic E-state index is 0.147. The molecule has 2 fully saturated rings. The summed E-state index contributed by atoms with van der Waals surface area (Å²) in [5.41, 5.74) is 0.823. The molecule has 1 amide bonds. The van der Waals surface area contributed by atoms with Crippen LogP contribution in [-0.2, 0) is 11.3 Å². The molecule has 0 aliphatic carbocycles. The van der Waals surface area contributed by atoms with Crippen molar-refractivity contribution in [2.24, 2.45) is 0 Å². The highest BCUT2D eigenvalue weighted by Gasteiger charge is 2.25. The van der Waals surface area contributed by atoms with Crippen molar-refractivity contribution in [3.63, 3.8) is 0 Å². The number of carbonyl (C=O) groups is 1. The maximum atomic E-state index is 13.1. The van der Waals surface area contributed by atoms with E-state index >= 15 is 0 Å². The predicted molar refractivity (Wildman–Crippen MR) is 117 cm³/mol. The average Bonchev–Trinajstić information content (AvgIpc) is 3.38. The van der Waals surface area contributed by atoms with Crippen LogP contribution in [-0.4, -0.2) is 60.3 Å². The molecule has 4 rings (SSSR count). The number of amides is 1. The van der Waals surface area contributed by atoms with Crippen LogP contribution in [0.4, 0.5) is 0 Å². The molecule has 2 aliphatic rings. The van der Waals surface area contributed by atoms with Crippen LogP contribution in [0.2, 0.25) is 4.34 Å². The SMILES string of the molecule is O=C(c1ccccc1SCC1CCCO1)N1CCN(Cc2ccc(Cl)s2)CC1. The zero-order valence-corrected chi connectivity index (χ0v) is 18.2. The van der Waals surface area contributed by atoms with Crippen LogP contribution in [0.5, 0.6) is 0 Å². The molecule has 0 N–H and O–H groups in total. The number of carbonyl (C=O) groups excluding carboxylic acids is 1. The second kappa shape index (κ2) is 9.63. The van der Waals surface area contributed by atoms with E-state index in [1.54, 1.807) is 23.1 Å². The lowest BCUT2D eigenvalue weighted by Gasteiger charge is -2.34. The van der Waals surface area contributed by atoms with Gasteiger partial charge in [-0.1, -0.05) is 23.7 Å². The third-order valence-corrected chi connectivity index (χ3v) is 7.66. The molecule has 4 nitrogen and oxygen atoms in total. The first kappa shape index (κ1) is 20.2. The normalized spacial score (nSPS) is 20.6. The second-order valence-electron chi connectivity index (χ2n) is 7.22. The number of thiophene rings is 1. The number of thioether (sulfide) groups is 1. The Kier molecular flexibility index (Phi) is 6.96. The first-order valence-corrected chi connectivity index (χ1v) is 12.0. The summed E-state index contributed by atoms with van der Waals surface area (Å²) in [6.07, 6.45) is 2.59. The van der Waals surface area contributed by atoms with Gasteiger partial charge in [0.25, 0.3) is 5.91 Å². The number of halogens is 1. The fraction of sp³-hybridized carbons (Fsp3) is 0.476. The molecule has 0 bridgehead atoms. The van der Waals surface area contributed by atoms with E-state index in [9.17, 15) is 4.79 Å². The second-order valence-corrected chi connectivity index (χ2v) is 10.1. The van der Waals surface area contributed by atoms with Gasteiger partial charge < -0.3 is 9.64 Å². The van der Waals surface area contributed by atoms with Crippen LogP contribution in [0.3, 0.4) is 0 Å². The summed E-state index contributed by atoms with van der Waals surface area (Å²) >= 11 is 9.41. The third kappa shape index (κ3) is 5.10. The van der Waals surface area contributed by atoms with Crippen LogP contribution < -0.4 is 0 Å². The number of hydrogen-bond acceptors (Lipinski definition) is 5. The van der Waals surface area contributed by atoms with Gasteiger partial charge in [-0.2, -0.15) is 0 Å². The molecule has 1 unspecified atom stereocenters. The van der Waals surface area contributed by atoms with E-state index in [2.05, 4.69) is 17.0 Å². The topological polar surface area (TPSA) is 32.8 Å². The lowest BCUT2D eigenvalue weighted by Crippen LogP contribution is -2.48. The molecule has 2 aromatic rings. The summed E-state index contributed by atoms with van der Waals surface area (Å²) < 4.78 is 6.56. The van der Waals surface area contributed by atoms with E-state index in [0.717, 1.165) is 72.7 Å². The van der Waals surface area contributed by atoms with Gasteiger partial charge in [0, 0.05) is 54.9 Å². The Morgan fingerprint density at radius 1 is 1.18 bits per heavy atom. The van der Waals surface area contributed by atoms with Gasteiger partial charge in [-0.25, -0.2) is 0 Å². The highest BCUT2D eigenvalue weighted by Crippen LogP contribution is 2.28. The first-order valence-electron chi connectivity index (χ1n) is 9.78. The summed E-state index contributed by atoms with van der Waals surface area (Å²) in [6, 6.07) is 12.0. The molecule has 1 aromatic heterocycles. The Morgan fingerprint density at radius 3 is 2.71 bits per heavy atom. The van der Waals surface area contributed by atoms with Gasteiger partial charge >= 0.3 is 0 Å². The van der Waals surface area contributed by atoms with E-state index in [-0.39, 0.29) is 5.91 Å². The highest BCUT2D eigenvalue weighted by atomic mass is 35.5. The van der Waals surface area contributed by atoms with Crippen LogP contribution in [0.1, 0.15) is 28.1 Å². The van der Waals surface area contributed by atoms with E-state index in [1.807, 2.05) is 29.2 Å². The monoisotopic (exact) mass is 436 g/mol. The Bertz CT molecular complexity index is 799. The molecular weight excluding hydrogens is 412 g/mol. The van der Waals surface area contributed by atoms with Crippen molar-refractivity contribution in [1.29, 1.82) is 0 Å². The maximum absolute atomic E-state index is 13.1. The van der Waals surface area contributed by atoms with E-state index in [4.69, 9.17) is 16.3 Å². The van der Waals surface area contributed by atoms with E-state index in [1.165, 1.54) is 4.88 Å². The third-order valence-electron chi connectivity index (χ3n) is 5.23. The fourth-order valence-electron chi connectivity index (χ4n) is 3.66. The van der Waals surface area contributed by atoms with Crippen molar-refractivity contribution in [3.8, 4) is 0 Å². The summed E-state index contributed by atoms with van der Waals surface area (Å²) in [7, 11) is 0. The number of hydrogen-bond donors (Lipinski definition) is 0. The molecule has 1 aromatic carbocycles. The molecule has 1 atom stereocenters. The number of nitrogens with zero attached hydrogens (tertiary/aromatic N) is 2. The standard InChI is InChI=1S/C21H25ClN2O2S2/c22-20-8-7-17(28-20)14-23-9-11-24(12-10-23)21(25)18-5-1-2-6-19(18)27-15-16-4-3-13-26-16/h1-2,5-8,16H,3-4,9-15H2. The summed E-state index contributed by atoms with van der Waals surface area (Å²) in [6.45, 7) is 5.10.